The molecule has 0 aromatic carbocycles. The van der Waals surface area contributed by atoms with Crippen molar-refractivity contribution in [3.63, 3.8) is 0 Å². The molecule has 0 aromatic heterocycles. The van der Waals surface area contributed by atoms with Gasteiger partial charge in [-0.15, -0.1) is 13.2 Å². The fourth-order valence-electron chi connectivity index (χ4n) is 1.74. The molecule has 0 unspecified atom stereocenters. The van der Waals surface area contributed by atoms with Gasteiger partial charge in [-0.3, -0.25) is 4.18 Å². The molecule has 0 amide bonds. The van der Waals surface area contributed by atoms with Gasteiger partial charge in [0.25, 0.3) is 0 Å². The normalized spacial score (nSPS) is 12.0. The molecule has 0 bridgehead atoms. The number of allylic oxidation sites excluding steroid dienone is 2. The Hall–Kier alpha value is -0.690. The SMILES string of the molecule is C=CCC(CC=C)CC(C)(C)OS(=O)(=O)[O-].[NH4+]. The molecule has 0 rings (SSSR count). The highest BCUT2D eigenvalue weighted by Crippen LogP contribution is 2.26. The van der Waals surface area contributed by atoms with E-state index in [-0.39, 0.29) is 12.1 Å². The van der Waals surface area contributed by atoms with Crippen LogP contribution in [0.1, 0.15) is 33.1 Å². The first-order valence-corrected chi connectivity index (χ1v) is 6.42. The predicted octanol–water partition coefficient (Wildman–Crippen LogP) is 2.78. The van der Waals surface area contributed by atoms with Crippen LogP contribution in [0.3, 0.4) is 0 Å². The first-order chi connectivity index (χ1) is 7.20. The lowest BCUT2D eigenvalue weighted by Gasteiger charge is -2.29. The zero-order valence-electron chi connectivity index (χ0n) is 10.8. The Morgan fingerprint density at radius 2 is 1.71 bits per heavy atom. The average molecular weight is 265 g/mol. The first-order valence-electron chi connectivity index (χ1n) is 5.08. The van der Waals surface area contributed by atoms with Gasteiger partial charge >= 0.3 is 0 Å². The quantitative estimate of drug-likeness (QED) is 0.414. The highest BCUT2D eigenvalue weighted by atomic mass is 32.3. The average Bonchev–Trinajstić information content (AvgIpc) is 1.98. The summed E-state index contributed by atoms with van der Waals surface area (Å²) in [6, 6.07) is 0. The largest absolute Gasteiger partial charge is 0.726 e. The van der Waals surface area contributed by atoms with Crippen molar-refractivity contribution in [1.29, 1.82) is 0 Å². The minimum atomic E-state index is -4.66. The molecule has 0 aromatic rings. The van der Waals surface area contributed by atoms with E-state index in [1.165, 1.54) is 0 Å². The van der Waals surface area contributed by atoms with E-state index in [2.05, 4.69) is 17.3 Å². The molecule has 17 heavy (non-hydrogen) atoms. The number of rotatable bonds is 8. The third-order valence-corrected chi connectivity index (χ3v) is 2.76. The van der Waals surface area contributed by atoms with Gasteiger partial charge in [0.05, 0.1) is 5.60 Å². The summed E-state index contributed by atoms with van der Waals surface area (Å²) in [5, 5.41) is 0. The second-order valence-corrected chi connectivity index (χ2v) is 5.35. The van der Waals surface area contributed by atoms with Crippen LogP contribution in [0.5, 0.6) is 0 Å². The first kappa shape index (κ1) is 18.7. The molecule has 0 radical (unpaired) electrons. The van der Waals surface area contributed by atoms with Crippen molar-refractivity contribution in [3.8, 4) is 0 Å². The summed E-state index contributed by atoms with van der Waals surface area (Å²) in [5.74, 6) is 0.187. The van der Waals surface area contributed by atoms with Crippen molar-refractivity contribution in [2.45, 2.75) is 38.7 Å². The van der Waals surface area contributed by atoms with Gasteiger partial charge in [-0.2, -0.15) is 0 Å². The molecule has 0 aliphatic carbocycles. The van der Waals surface area contributed by atoms with E-state index in [1.54, 1.807) is 26.0 Å². The summed E-state index contributed by atoms with van der Waals surface area (Å²) in [6.07, 6.45) is 5.45. The van der Waals surface area contributed by atoms with Crippen LogP contribution >= 0.6 is 0 Å². The summed E-state index contributed by atoms with van der Waals surface area (Å²) in [7, 11) is -4.66. The molecule has 6 heteroatoms. The zero-order valence-corrected chi connectivity index (χ0v) is 11.6. The van der Waals surface area contributed by atoms with Crippen LogP contribution in [0.25, 0.3) is 0 Å². The number of quaternary nitrogens is 1. The van der Waals surface area contributed by atoms with Crippen molar-refractivity contribution in [2.24, 2.45) is 5.92 Å². The van der Waals surface area contributed by atoms with Crippen molar-refractivity contribution in [3.05, 3.63) is 25.3 Å². The second kappa shape index (κ2) is 7.60. The molecule has 0 heterocycles. The summed E-state index contributed by atoms with van der Waals surface area (Å²) in [4.78, 5) is 0. The maximum atomic E-state index is 10.5. The molecule has 0 saturated carbocycles. The molecule has 0 fully saturated rings. The Bertz CT molecular complexity index is 325. The Labute approximate surface area is 104 Å². The topological polar surface area (TPSA) is 103 Å². The van der Waals surface area contributed by atoms with E-state index in [0.29, 0.717) is 6.42 Å². The lowest BCUT2D eigenvalue weighted by molar-refractivity contribution is 0.0714. The lowest BCUT2D eigenvalue weighted by Crippen LogP contribution is -2.30. The molecule has 0 saturated heterocycles. The van der Waals surface area contributed by atoms with E-state index in [9.17, 15) is 13.0 Å². The van der Waals surface area contributed by atoms with E-state index >= 15 is 0 Å². The summed E-state index contributed by atoms with van der Waals surface area (Å²) < 4.78 is 36.1. The van der Waals surface area contributed by atoms with Crippen LogP contribution < -0.4 is 6.15 Å². The fourth-order valence-corrected chi connectivity index (χ4v) is 2.36. The van der Waals surface area contributed by atoms with E-state index < -0.39 is 16.0 Å². The summed E-state index contributed by atoms with van der Waals surface area (Å²) in [5.41, 5.74) is -0.989. The van der Waals surface area contributed by atoms with Gasteiger partial charge in [0.15, 0.2) is 0 Å². The predicted molar refractivity (Wildman–Crippen MR) is 68.6 cm³/mol. The Balaban J connectivity index is 0. The highest BCUT2D eigenvalue weighted by Gasteiger charge is 2.25. The van der Waals surface area contributed by atoms with E-state index in [0.717, 1.165) is 12.8 Å². The van der Waals surface area contributed by atoms with Gasteiger partial charge in [0.1, 0.15) is 0 Å². The Morgan fingerprint density at radius 1 is 1.29 bits per heavy atom. The van der Waals surface area contributed by atoms with Crippen LogP contribution in [0.15, 0.2) is 25.3 Å². The molecule has 4 N–H and O–H groups in total. The van der Waals surface area contributed by atoms with Gasteiger partial charge in [0.2, 0.25) is 10.4 Å². The highest BCUT2D eigenvalue weighted by molar-refractivity contribution is 7.80. The molecule has 0 spiro atoms. The minimum Gasteiger partial charge on any atom is -0.726 e. The number of hydrogen-bond donors (Lipinski definition) is 1. The van der Waals surface area contributed by atoms with Gasteiger partial charge in [0, 0.05) is 0 Å². The fraction of sp³-hybridized carbons (Fsp3) is 0.636. The van der Waals surface area contributed by atoms with Crippen molar-refractivity contribution >= 4 is 10.4 Å². The van der Waals surface area contributed by atoms with Crippen LogP contribution in [0.2, 0.25) is 0 Å². The van der Waals surface area contributed by atoms with Crippen LogP contribution in [0.4, 0.5) is 0 Å². The maximum absolute atomic E-state index is 10.5. The third-order valence-electron chi connectivity index (χ3n) is 2.11. The third kappa shape index (κ3) is 10.2. The van der Waals surface area contributed by atoms with Crippen LogP contribution in [0, 0.1) is 5.92 Å². The molecule has 5 nitrogen and oxygen atoms in total. The molecule has 102 valence electrons. The minimum absolute atomic E-state index is 0. The molecule has 0 aliphatic rings. The smallest absolute Gasteiger partial charge is 0.218 e. The van der Waals surface area contributed by atoms with Gasteiger partial charge < -0.3 is 10.7 Å². The molecule has 0 atom stereocenters. The summed E-state index contributed by atoms with van der Waals surface area (Å²) >= 11 is 0. The van der Waals surface area contributed by atoms with Gasteiger partial charge in [-0.05, 0) is 39.0 Å². The van der Waals surface area contributed by atoms with Crippen LogP contribution in [-0.2, 0) is 14.6 Å². The molecular formula is C11H23NO4S. The van der Waals surface area contributed by atoms with E-state index in [1.807, 2.05) is 0 Å². The standard InChI is InChI=1S/C11H20O4S.H3N/c1-5-7-10(8-6-2)9-11(3,4)15-16(12,13)14;/h5-6,10H,1-2,7-9H2,3-4H3,(H,12,13,14);1H3. The Kier molecular flexibility index (Phi) is 8.35. The zero-order chi connectivity index (χ0) is 12.8. The van der Waals surface area contributed by atoms with Crippen molar-refractivity contribution < 1.29 is 17.2 Å². The number of hydrogen-bond acceptors (Lipinski definition) is 4. The van der Waals surface area contributed by atoms with Gasteiger partial charge in [-0.1, -0.05) is 12.2 Å². The second-order valence-electron chi connectivity index (χ2n) is 4.37. The van der Waals surface area contributed by atoms with E-state index in [4.69, 9.17) is 0 Å². The molecular weight excluding hydrogens is 242 g/mol. The summed E-state index contributed by atoms with van der Waals surface area (Å²) in [6.45, 7) is 10.4. The van der Waals surface area contributed by atoms with Crippen molar-refractivity contribution in [2.75, 3.05) is 0 Å². The monoisotopic (exact) mass is 265 g/mol. The van der Waals surface area contributed by atoms with Gasteiger partial charge in [-0.25, -0.2) is 8.42 Å². The Morgan fingerprint density at radius 3 is 2.00 bits per heavy atom. The van der Waals surface area contributed by atoms with Crippen molar-refractivity contribution in [1.82, 2.24) is 6.15 Å². The van der Waals surface area contributed by atoms with Crippen LogP contribution in [-0.4, -0.2) is 18.6 Å². The molecule has 0 aliphatic heterocycles. The maximum Gasteiger partial charge on any atom is 0.218 e. The lowest BCUT2D eigenvalue weighted by atomic mass is 9.89.